The zero-order valence-corrected chi connectivity index (χ0v) is 16.0. The number of nitrogens with one attached hydrogen (secondary N) is 1. The fourth-order valence-corrected chi connectivity index (χ4v) is 3.02. The van der Waals surface area contributed by atoms with E-state index in [0.717, 1.165) is 31.9 Å². The molecule has 0 atom stereocenters. The molecule has 6 nitrogen and oxygen atoms in total. The first-order valence-corrected chi connectivity index (χ1v) is 9.05. The average molecular weight is 353 g/mol. The van der Waals surface area contributed by atoms with Crippen molar-refractivity contribution >= 4 is 17.5 Å². The molecular weight excluding hydrogens is 326 g/mol. The Bertz CT molecular complexity index is 762. The molecule has 6 heteroatoms. The van der Waals surface area contributed by atoms with Gasteiger partial charge in [-0.2, -0.15) is 0 Å². The van der Waals surface area contributed by atoms with Crippen LogP contribution in [0.5, 0.6) is 0 Å². The van der Waals surface area contributed by atoms with E-state index in [2.05, 4.69) is 49.4 Å². The van der Waals surface area contributed by atoms with Crippen molar-refractivity contribution < 1.29 is 4.79 Å². The molecule has 1 amide bonds. The molecule has 0 aliphatic carbocycles. The number of benzene rings is 1. The van der Waals surface area contributed by atoms with Gasteiger partial charge < -0.3 is 15.1 Å². The van der Waals surface area contributed by atoms with Crippen LogP contribution in [0.2, 0.25) is 0 Å². The summed E-state index contributed by atoms with van der Waals surface area (Å²) in [4.78, 5) is 26.0. The number of para-hydroxylation sites is 1. The quantitative estimate of drug-likeness (QED) is 0.919. The highest BCUT2D eigenvalue weighted by molar-refractivity contribution is 5.93. The molecule has 2 aromatic rings. The summed E-state index contributed by atoms with van der Waals surface area (Å²) >= 11 is 0. The van der Waals surface area contributed by atoms with Crippen LogP contribution in [0.3, 0.4) is 0 Å². The van der Waals surface area contributed by atoms with E-state index in [-0.39, 0.29) is 11.4 Å². The number of aryl methyl sites for hydroxylation is 1. The molecule has 3 rings (SSSR count). The predicted molar refractivity (Wildman–Crippen MR) is 105 cm³/mol. The summed E-state index contributed by atoms with van der Waals surface area (Å²) in [6.07, 6.45) is 0. The lowest BCUT2D eigenvalue weighted by Crippen LogP contribution is -2.47. The maximum Gasteiger partial charge on any atom is 0.270 e. The molecule has 2 heterocycles. The molecule has 0 radical (unpaired) electrons. The molecule has 0 unspecified atom stereocenters. The average Bonchev–Trinajstić information content (AvgIpc) is 2.61. The lowest BCUT2D eigenvalue weighted by molar-refractivity contribution is 0.0914. The van der Waals surface area contributed by atoms with E-state index in [1.165, 1.54) is 5.69 Å². The van der Waals surface area contributed by atoms with Crippen molar-refractivity contribution in [3.63, 3.8) is 0 Å². The Kier molecular flexibility index (Phi) is 5.11. The predicted octanol–water partition coefficient (Wildman–Crippen LogP) is 2.64. The summed E-state index contributed by atoms with van der Waals surface area (Å²) in [5, 5.41) is 2.97. The van der Waals surface area contributed by atoms with Crippen LogP contribution in [0.25, 0.3) is 0 Å². The van der Waals surface area contributed by atoms with Gasteiger partial charge in [-0.1, -0.05) is 18.2 Å². The van der Waals surface area contributed by atoms with Gasteiger partial charge >= 0.3 is 0 Å². The van der Waals surface area contributed by atoms with Gasteiger partial charge in [0.1, 0.15) is 5.69 Å². The van der Waals surface area contributed by atoms with Crippen LogP contribution in [0.4, 0.5) is 11.6 Å². The second kappa shape index (κ2) is 7.32. The number of aromatic nitrogens is 2. The van der Waals surface area contributed by atoms with E-state index in [4.69, 9.17) is 0 Å². The Balaban J connectivity index is 1.71. The number of hydrogen-bond acceptors (Lipinski definition) is 5. The molecule has 1 fully saturated rings. The molecule has 1 aromatic heterocycles. The number of carbonyl (C=O) groups is 1. The summed E-state index contributed by atoms with van der Waals surface area (Å²) in [7, 11) is 0. The Morgan fingerprint density at radius 2 is 1.62 bits per heavy atom. The lowest BCUT2D eigenvalue weighted by Gasteiger charge is -2.36. The molecule has 1 saturated heterocycles. The van der Waals surface area contributed by atoms with Crippen molar-refractivity contribution in [2.45, 2.75) is 33.2 Å². The first kappa shape index (κ1) is 18.2. The van der Waals surface area contributed by atoms with E-state index in [0.29, 0.717) is 11.6 Å². The fourth-order valence-electron chi connectivity index (χ4n) is 3.02. The Morgan fingerprint density at radius 3 is 2.23 bits per heavy atom. The Morgan fingerprint density at radius 1 is 1.00 bits per heavy atom. The molecule has 0 bridgehead atoms. The topological polar surface area (TPSA) is 61.4 Å². The second-order valence-electron chi connectivity index (χ2n) is 7.71. The van der Waals surface area contributed by atoms with Gasteiger partial charge in [-0.05, 0) is 45.9 Å². The third-order valence-corrected chi connectivity index (χ3v) is 4.25. The van der Waals surface area contributed by atoms with Crippen molar-refractivity contribution in [2.24, 2.45) is 0 Å². The van der Waals surface area contributed by atoms with E-state index >= 15 is 0 Å². The van der Waals surface area contributed by atoms with Gasteiger partial charge in [-0.25, -0.2) is 9.97 Å². The maximum absolute atomic E-state index is 12.5. The van der Waals surface area contributed by atoms with Crippen LogP contribution >= 0.6 is 0 Å². The maximum atomic E-state index is 12.5. The summed E-state index contributed by atoms with van der Waals surface area (Å²) < 4.78 is 0. The highest BCUT2D eigenvalue weighted by Gasteiger charge is 2.22. The second-order valence-corrected chi connectivity index (χ2v) is 7.71. The largest absolute Gasteiger partial charge is 0.368 e. The number of piperazine rings is 1. The van der Waals surface area contributed by atoms with Crippen LogP contribution < -0.4 is 15.1 Å². The van der Waals surface area contributed by atoms with E-state index in [1.807, 2.05) is 33.8 Å². The number of carbonyl (C=O) groups excluding carboxylic acids is 1. The van der Waals surface area contributed by atoms with Gasteiger partial charge in [0.05, 0.1) is 0 Å². The minimum absolute atomic E-state index is 0.160. The van der Waals surface area contributed by atoms with E-state index in [9.17, 15) is 4.79 Å². The SMILES string of the molecule is Cc1cc(C(=O)NC(C)(C)C)nc(N2CCN(c3ccccc3)CC2)n1. The van der Waals surface area contributed by atoms with E-state index in [1.54, 1.807) is 6.07 Å². The lowest BCUT2D eigenvalue weighted by atomic mass is 10.1. The smallest absolute Gasteiger partial charge is 0.270 e. The first-order chi connectivity index (χ1) is 12.3. The van der Waals surface area contributed by atoms with Gasteiger partial charge in [0, 0.05) is 43.1 Å². The van der Waals surface area contributed by atoms with Gasteiger partial charge in [0.2, 0.25) is 5.95 Å². The molecule has 26 heavy (non-hydrogen) atoms. The molecule has 1 N–H and O–H groups in total. The van der Waals surface area contributed by atoms with Gasteiger partial charge in [-0.15, -0.1) is 0 Å². The summed E-state index contributed by atoms with van der Waals surface area (Å²) in [5.41, 5.74) is 2.17. The summed E-state index contributed by atoms with van der Waals surface area (Å²) in [6.45, 7) is 11.3. The monoisotopic (exact) mass is 353 g/mol. The van der Waals surface area contributed by atoms with Crippen molar-refractivity contribution in [1.29, 1.82) is 0 Å². The molecule has 1 aliphatic heterocycles. The number of nitrogens with zero attached hydrogens (tertiary/aromatic N) is 4. The summed E-state index contributed by atoms with van der Waals surface area (Å²) in [6, 6.07) is 12.2. The van der Waals surface area contributed by atoms with E-state index < -0.39 is 0 Å². The first-order valence-electron chi connectivity index (χ1n) is 9.05. The van der Waals surface area contributed by atoms with Crippen LogP contribution in [0.1, 0.15) is 37.0 Å². The molecule has 1 aromatic carbocycles. The van der Waals surface area contributed by atoms with Crippen LogP contribution in [-0.4, -0.2) is 47.6 Å². The minimum atomic E-state index is -0.294. The van der Waals surface area contributed by atoms with Crippen molar-refractivity contribution in [3.8, 4) is 0 Å². The standard InChI is InChI=1S/C20H27N5O/c1-15-14-17(18(26)23-20(2,3)4)22-19(21-15)25-12-10-24(11-13-25)16-8-6-5-7-9-16/h5-9,14H,10-13H2,1-4H3,(H,23,26). The van der Waals surface area contributed by atoms with Crippen LogP contribution in [0.15, 0.2) is 36.4 Å². The highest BCUT2D eigenvalue weighted by Crippen LogP contribution is 2.18. The molecule has 1 aliphatic rings. The molecular formula is C20H27N5O. The number of amides is 1. The zero-order chi connectivity index (χ0) is 18.7. The van der Waals surface area contributed by atoms with Crippen molar-refractivity contribution in [1.82, 2.24) is 15.3 Å². The third kappa shape index (κ3) is 4.50. The normalized spacial score (nSPS) is 15.1. The molecule has 0 saturated carbocycles. The number of rotatable bonds is 3. The van der Waals surface area contributed by atoms with Crippen molar-refractivity contribution in [3.05, 3.63) is 47.8 Å². The summed E-state index contributed by atoms with van der Waals surface area (Å²) in [5.74, 6) is 0.476. The van der Waals surface area contributed by atoms with Gasteiger partial charge in [0.25, 0.3) is 5.91 Å². The van der Waals surface area contributed by atoms with Crippen molar-refractivity contribution in [2.75, 3.05) is 36.0 Å². The molecule has 138 valence electrons. The van der Waals surface area contributed by atoms with Crippen LogP contribution in [0, 0.1) is 6.92 Å². The van der Waals surface area contributed by atoms with Crippen LogP contribution in [-0.2, 0) is 0 Å². The van der Waals surface area contributed by atoms with Gasteiger partial charge in [0.15, 0.2) is 0 Å². The third-order valence-electron chi connectivity index (χ3n) is 4.25. The zero-order valence-electron chi connectivity index (χ0n) is 16.0. The van der Waals surface area contributed by atoms with Gasteiger partial charge in [-0.3, -0.25) is 4.79 Å². The number of anilines is 2. The number of hydrogen-bond donors (Lipinski definition) is 1. The fraction of sp³-hybridized carbons (Fsp3) is 0.450. The highest BCUT2D eigenvalue weighted by atomic mass is 16.2. The minimum Gasteiger partial charge on any atom is -0.368 e. The molecule has 0 spiro atoms. The Labute approximate surface area is 155 Å². The Hall–Kier alpha value is -2.63.